The first-order chi connectivity index (χ1) is 10.8. The van der Waals surface area contributed by atoms with Crippen LogP contribution < -0.4 is 11.1 Å². The third-order valence-electron chi connectivity index (χ3n) is 4.29. The highest BCUT2D eigenvalue weighted by atomic mass is 35.5. The summed E-state index contributed by atoms with van der Waals surface area (Å²) in [5, 5.41) is 3.06. The van der Waals surface area contributed by atoms with Gasteiger partial charge in [-0.15, -0.1) is 12.4 Å². The van der Waals surface area contributed by atoms with Crippen LogP contribution in [-0.2, 0) is 0 Å². The first kappa shape index (κ1) is 17.5. The van der Waals surface area contributed by atoms with Crippen LogP contribution in [0.4, 0.5) is 0 Å². The highest BCUT2D eigenvalue weighted by Crippen LogP contribution is 2.24. The van der Waals surface area contributed by atoms with Crippen LogP contribution >= 0.6 is 12.4 Å². The fourth-order valence-corrected chi connectivity index (χ4v) is 3.01. The molecule has 2 atom stereocenters. The van der Waals surface area contributed by atoms with Gasteiger partial charge in [-0.05, 0) is 37.4 Å². The maximum atomic E-state index is 12.3. The zero-order valence-electron chi connectivity index (χ0n) is 12.9. The number of oxazole rings is 1. The molecule has 1 amide bonds. The summed E-state index contributed by atoms with van der Waals surface area (Å²) >= 11 is 0. The van der Waals surface area contributed by atoms with Gasteiger partial charge in [0.1, 0.15) is 6.26 Å². The van der Waals surface area contributed by atoms with Crippen molar-refractivity contribution < 1.29 is 9.21 Å². The van der Waals surface area contributed by atoms with E-state index in [2.05, 4.69) is 10.3 Å². The Morgan fingerprint density at radius 3 is 2.74 bits per heavy atom. The van der Waals surface area contributed by atoms with Crippen LogP contribution in [0.1, 0.15) is 36.2 Å². The molecule has 1 aromatic carbocycles. The van der Waals surface area contributed by atoms with E-state index in [-0.39, 0.29) is 24.4 Å². The number of amides is 1. The molecule has 0 radical (unpaired) electrons. The Labute approximate surface area is 142 Å². The number of aromatic nitrogens is 1. The monoisotopic (exact) mass is 335 g/mol. The molecule has 0 bridgehead atoms. The van der Waals surface area contributed by atoms with Gasteiger partial charge in [0.05, 0.1) is 0 Å². The fraction of sp³-hybridized carbons (Fsp3) is 0.412. The molecule has 1 heterocycles. The van der Waals surface area contributed by atoms with Crippen LogP contribution in [0.2, 0.25) is 0 Å². The minimum Gasteiger partial charge on any atom is -0.444 e. The van der Waals surface area contributed by atoms with Crippen molar-refractivity contribution in [3.63, 3.8) is 0 Å². The largest absolute Gasteiger partial charge is 0.444 e. The van der Waals surface area contributed by atoms with Crippen molar-refractivity contribution in [2.75, 3.05) is 6.54 Å². The van der Waals surface area contributed by atoms with Crippen molar-refractivity contribution in [1.82, 2.24) is 10.3 Å². The Morgan fingerprint density at radius 2 is 2.00 bits per heavy atom. The summed E-state index contributed by atoms with van der Waals surface area (Å²) in [6.07, 6.45) is 5.80. The molecule has 1 aromatic heterocycles. The summed E-state index contributed by atoms with van der Waals surface area (Å²) in [6, 6.07) is 9.69. The molecule has 5 nitrogen and oxygen atoms in total. The van der Waals surface area contributed by atoms with Gasteiger partial charge in [-0.1, -0.05) is 31.0 Å². The maximum absolute atomic E-state index is 12.3. The molecular weight excluding hydrogens is 314 g/mol. The molecule has 0 saturated heterocycles. The summed E-state index contributed by atoms with van der Waals surface area (Å²) in [7, 11) is 0. The highest BCUT2D eigenvalue weighted by molar-refractivity contribution is 5.92. The molecular formula is C17H22ClN3O2. The molecule has 1 saturated carbocycles. The Hall–Kier alpha value is -1.85. The topological polar surface area (TPSA) is 81.1 Å². The van der Waals surface area contributed by atoms with Gasteiger partial charge in [0.25, 0.3) is 5.91 Å². The van der Waals surface area contributed by atoms with Crippen molar-refractivity contribution in [2.24, 2.45) is 11.7 Å². The second kappa shape index (κ2) is 8.13. The predicted octanol–water partition coefficient (Wildman–Crippen LogP) is 3.01. The number of hydrogen-bond acceptors (Lipinski definition) is 4. The minimum absolute atomic E-state index is 0. The number of hydrogen-bond donors (Lipinski definition) is 2. The molecule has 6 heteroatoms. The minimum atomic E-state index is -0.184. The van der Waals surface area contributed by atoms with Crippen molar-refractivity contribution in [3.8, 4) is 11.5 Å². The quantitative estimate of drug-likeness (QED) is 0.900. The van der Waals surface area contributed by atoms with E-state index in [4.69, 9.17) is 10.2 Å². The Bertz CT molecular complexity index is 630. The molecule has 124 valence electrons. The number of benzene rings is 1. The van der Waals surface area contributed by atoms with Gasteiger partial charge in [-0.2, -0.15) is 0 Å². The van der Waals surface area contributed by atoms with Crippen molar-refractivity contribution in [3.05, 3.63) is 42.3 Å². The van der Waals surface area contributed by atoms with E-state index in [0.29, 0.717) is 24.0 Å². The van der Waals surface area contributed by atoms with Gasteiger partial charge in [-0.3, -0.25) is 4.79 Å². The molecule has 2 aromatic rings. The SMILES string of the molecule is Cl.NCC1CCCCC1NC(=O)c1coc(-c2ccccc2)n1. The standard InChI is InChI=1S/C17H21N3O2.ClH/c18-10-13-8-4-5-9-14(13)19-16(21)15-11-22-17(20-15)12-6-2-1-3-7-12;/h1-3,6-7,11,13-14H,4-5,8-10,18H2,(H,19,21);1H. The van der Waals surface area contributed by atoms with Crippen LogP contribution in [0.25, 0.3) is 11.5 Å². The van der Waals surface area contributed by atoms with E-state index in [1.807, 2.05) is 30.3 Å². The first-order valence-electron chi connectivity index (χ1n) is 7.80. The molecule has 3 rings (SSSR count). The van der Waals surface area contributed by atoms with Crippen LogP contribution in [0, 0.1) is 5.92 Å². The fourth-order valence-electron chi connectivity index (χ4n) is 3.01. The number of nitrogens with two attached hydrogens (primary N) is 1. The normalized spacial score (nSPS) is 20.6. The van der Waals surface area contributed by atoms with Gasteiger partial charge in [0.15, 0.2) is 5.69 Å². The van der Waals surface area contributed by atoms with E-state index >= 15 is 0 Å². The zero-order valence-corrected chi connectivity index (χ0v) is 13.7. The highest BCUT2D eigenvalue weighted by Gasteiger charge is 2.26. The summed E-state index contributed by atoms with van der Waals surface area (Å²) in [4.78, 5) is 16.6. The number of nitrogens with one attached hydrogen (secondary N) is 1. The summed E-state index contributed by atoms with van der Waals surface area (Å²) in [5.41, 5.74) is 6.98. The maximum Gasteiger partial charge on any atom is 0.273 e. The average molecular weight is 336 g/mol. The molecule has 2 unspecified atom stereocenters. The lowest BCUT2D eigenvalue weighted by molar-refractivity contribution is 0.0903. The molecule has 1 aliphatic rings. The molecule has 0 aliphatic heterocycles. The molecule has 1 aliphatic carbocycles. The Balaban J connectivity index is 0.00000192. The lowest BCUT2D eigenvalue weighted by Gasteiger charge is -2.30. The van der Waals surface area contributed by atoms with E-state index in [0.717, 1.165) is 24.8 Å². The summed E-state index contributed by atoms with van der Waals surface area (Å²) < 4.78 is 5.42. The Kier molecular flexibility index (Phi) is 6.19. The average Bonchev–Trinajstić information content (AvgIpc) is 3.06. The van der Waals surface area contributed by atoms with Crippen molar-refractivity contribution in [1.29, 1.82) is 0 Å². The van der Waals surface area contributed by atoms with Crippen LogP contribution in [0.15, 0.2) is 41.0 Å². The second-order valence-electron chi connectivity index (χ2n) is 5.76. The van der Waals surface area contributed by atoms with Crippen LogP contribution in [0.5, 0.6) is 0 Å². The number of carbonyl (C=O) groups is 1. The zero-order chi connectivity index (χ0) is 15.4. The number of carbonyl (C=O) groups excluding carboxylic acids is 1. The van der Waals surface area contributed by atoms with Crippen LogP contribution in [-0.4, -0.2) is 23.5 Å². The first-order valence-corrected chi connectivity index (χ1v) is 7.80. The third-order valence-corrected chi connectivity index (χ3v) is 4.29. The smallest absolute Gasteiger partial charge is 0.273 e. The summed E-state index contributed by atoms with van der Waals surface area (Å²) in [6.45, 7) is 0.610. The lowest BCUT2D eigenvalue weighted by atomic mass is 9.84. The summed E-state index contributed by atoms with van der Waals surface area (Å²) in [5.74, 6) is 0.638. The number of halogens is 1. The van der Waals surface area contributed by atoms with E-state index < -0.39 is 0 Å². The van der Waals surface area contributed by atoms with Crippen molar-refractivity contribution in [2.45, 2.75) is 31.7 Å². The Morgan fingerprint density at radius 1 is 1.26 bits per heavy atom. The van der Waals surface area contributed by atoms with Gasteiger partial charge in [-0.25, -0.2) is 4.98 Å². The van der Waals surface area contributed by atoms with Gasteiger partial charge < -0.3 is 15.5 Å². The van der Waals surface area contributed by atoms with Crippen LogP contribution in [0.3, 0.4) is 0 Å². The van der Waals surface area contributed by atoms with E-state index in [9.17, 15) is 4.79 Å². The van der Waals surface area contributed by atoms with E-state index in [1.165, 1.54) is 12.7 Å². The second-order valence-corrected chi connectivity index (χ2v) is 5.76. The molecule has 0 spiro atoms. The predicted molar refractivity (Wildman–Crippen MR) is 91.5 cm³/mol. The lowest BCUT2D eigenvalue weighted by Crippen LogP contribution is -2.44. The molecule has 23 heavy (non-hydrogen) atoms. The van der Waals surface area contributed by atoms with Gasteiger partial charge >= 0.3 is 0 Å². The molecule has 3 N–H and O–H groups in total. The van der Waals surface area contributed by atoms with Crippen molar-refractivity contribution >= 4 is 18.3 Å². The molecule has 1 fully saturated rings. The number of rotatable bonds is 4. The van der Waals surface area contributed by atoms with E-state index in [1.54, 1.807) is 0 Å². The third kappa shape index (κ3) is 4.12. The van der Waals surface area contributed by atoms with Gasteiger partial charge in [0.2, 0.25) is 5.89 Å². The number of nitrogens with zero attached hydrogens (tertiary/aromatic N) is 1. The van der Waals surface area contributed by atoms with Gasteiger partial charge in [0, 0.05) is 11.6 Å².